The van der Waals surface area contributed by atoms with Crippen LogP contribution in [0.3, 0.4) is 0 Å². The van der Waals surface area contributed by atoms with Crippen LogP contribution < -0.4 is 5.32 Å². The molecule has 0 bridgehead atoms. The van der Waals surface area contributed by atoms with Crippen LogP contribution in [0.4, 0.5) is 11.4 Å². The van der Waals surface area contributed by atoms with E-state index >= 15 is 0 Å². The molecule has 11 aromatic carbocycles. The van der Waals surface area contributed by atoms with Crippen molar-refractivity contribution in [2.75, 3.05) is 5.32 Å². The molecule has 1 aliphatic carbocycles. The van der Waals surface area contributed by atoms with Gasteiger partial charge in [0.2, 0.25) is 0 Å². The minimum Gasteiger partial charge on any atom is -0.355 e. The van der Waals surface area contributed by atoms with Crippen LogP contribution >= 0.6 is 0 Å². The van der Waals surface area contributed by atoms with Crippen LogP contribution in [0.5, 0.6) is 0 Å². The molecule has 314 valence electrons. The Kier molecular flexibility index (Phi) is 9.11. The van der Waals surface area contributed by atoms with Crippen molar-refractivity contribution in [3.63, 3.8) is 0 Å². The molecule has 1 aromatic heterocycles. The summed E-state index contributed by atoms with van der Waals surface area (Å²) >= 11 is 0. The smallest absolute Gasteiger partial charge is 0.0734 e. The van der Waals surface area contributed by atoms with Crippen LogP contribution in [0, 0.1) is 0 Å². The first-order chi connectivity index (χ1) is 33.2. The van der Waals surface area contributed by atoms with E-state index in [0.29, 0.717) is 0 Å². The zero-order valence-corrected chi connectivity index (χ0v) is 36.8. The van der Waals surface area contributed by atoms with Crippen LogP contribution in [0.15, 0.2) is 261 Å². The van der Waals surface area contributed by atoms with Gasteiger partial charge in [0, 0.05) is 44.3 Å². The number of hydrogen-bond acceptors (Lipinski definition) is 1. The summed E-state index contributed by atoms with van der Waals surface area (Å²) in [7, 11) is 0. The molecular formula is C65H44N2. The van der Waals surface area contributed by atoms with Crippen molar-refractivity contribution in [1.82, 2.24) is 4.57 Å². The van der Waals surface area contributed by atoms with Gasteiger partial charge in [-0.25, -0.2) is 0 Å². The first-order valence-electron chi connectivity index (χ1n) is 23.2. The van der Waals surface area contributed by atoms with E-state index in [0.717, 1.165) is 28.2 Å². The van der Waals surface area contributed by atoms with Crippen molar-refractivity contribution in [2.45, 2.75) is 5.41 Å². The number of aromatic nitrogens is 1. The van der Waals surface area contributed by atoms with Gasteiger partial charge in [-0.05, 0) is 103 Å². The highest BCUT2D eigenvalue weighted by Crippen LogP contribution is 2.59. The maximum atomic E-state index is 3.80. The van der Waals surface area contributed by atoms with Crippen LogP contribution in [-0.4, -0.2) is 4.57 Å². The van der Waals surface area contributed by atoms with Crippen LogP contribution in [0.25, 0.3) is 82.8 Å². The first-order valence-corrected chi connectivity index (χ1v) is 23.2. The third-order valence-corrected chi connectivity index (χ3v) is 14.0. The molecular weight excluding hydrogens is 809 g/mol. The number of nitrogens with one attached hydrogen (secondary N) is 1. The highest BCUT2D eigenvalue weighted by atomic mass is 15.0. The number of para-hydroxylation sites is 1. The molecule has 2 heteroatoms. The van der Waals surface area contributed by atoms with Crippen LogP contribution in [0.1, 0.15) is 22.3 Å². The summed E-state index contributed by atoms with van der Waals surface area (Å²) in [6, 6.07) is 95.7. The van der Waals surface area contributed by atoms with Gasteiger partial charge < -0.3 is 9.88 Å². The fraction of sp³-hybridized carbons (Fsp3) is 0.0154. The zero-order chi connectivity index (χ0) is 44.3. The van der Waals surface area contributed by atoms with E-state index in [1.807, 2.05) is 0 Å². The summed E-state index contributed by atoms with van der Waals surface area (Å²) in [6.07, 6.45) is 0. The normalized spacial score (nSPS) is 12.6. The highest BCUT2D eigenvalue weighted by Gasteiger charge is 2.48. The standard InChI is InChI=1S/C65H44N2/c1-4-19-44(20-5-1)47-24-17-30-52(42-47)67-62-40-37-48(46-23-16-25-49(41-46)54-32-13-15-35-60(54)66-61-36-18-22-45-21-10-11-31-53(45)61)43-58(62)57-39-38-56-55-33-12-14-34-59(55)65(63(56)64(57)67,50-26-6-2-7-27-50)51-28-8-3-9-29-51/h1-43,66H. The molecule has 0 saturated carbocycles. The van der Waals surface area contributed by atoms with Gasteiger partial charge in [0.25, 0.3) is 0 Å². The predicted molar refractivity (Wildman–Crippen MR) is 282 cm³/mol. The molecule has 0 fully saturated rings. The van der Waals surface area contributed by atoms with Crippen molar-refractivity contribution in [3.05, 3.63) is 283 Å². The van der Waals surface area contributed by atoms with E-state index in [9.17, 15) is 0 Å². The third-order valence-electron chi connectivity index (χ3n) is 14.0. The summed E-state index contributed by atoms with van der Waals surface area (Å²) in [4.78, 5) is 0. The van der Waals surface area contributed by atoms with E-state index in [4.69, 9.17) is 0 Å². The lowest BCUT2D eigenvalue weighted by atomic mass is 9.67. The molecule has 0 atom stereocenters. The van der Waals surface area contributed by atoms with Gasteiger partial charge in [0.1, 0.15) is 0 Å². The predicted octanol–water partition coefficient (Wildman–Crippen LogP) is 17.0. The van der Waals surface area contributed by atoms with Gasteiger partial charge in [-0.3, -0.25) is 0 Å². The SMILES string of the molecule is c1ccc(-c2cccc(-n3c4ccc(-c5cccc(-c6ccccc6Nc6cccc7ccccc67)c5)cc4c4ccc5c(c43)C(c3ccccc3)(c3ccccc3)c3ccccc3-5)c2)cc1. The van der Waals surface area contributed by atoms with E-state index < -0.39 is 5.41 Å². The number of hydrogen-bond donors (Lipinski definition) is 1. The van der Waals surface area contributed by atoms with Crippen molar-refractivity contribution in [2.24, 2.45) is 0 Å². The summed E-state index contributed by atoms with van der Waals surface area (Å²) < 4.78 is 2.55. The number of rotatable bonds is 8. The van der Waals surface area contributed by atoms with E-state index in [1.165, 1.54) is 88.2 Å². The minimum absolute atomic E-state index is 0.582. The molecule has 0 unspecified atom stereocenters. The Bertz CT molecular complexity index is 3780. The van der Waals surface area contributed by atoms with Crippen molar-refractivity contribution in [3.8, 4) is 50.2 Å². The lowest BCUT2D eigenvalue weighted by Gasteiger charge is -2.34. The molecule has 1 N–H and O–H groups in total. The number of nitrogens with zero attached hydrogens (tertiary/aromatic N) is 1. The second-order valence-electron chi connectivity index (χ2n) is 17.7. The summed E-state index contributed by atoms with van der Waals surface area (Å²) in [5.41, 5.74) is 19.8. The van der Waals surface area contributed by atoms with Crippen molar-refractivity contribution in [1.29, 1.82) is 0 Å². The molecule has 2 nitrogen and oxygen atoms in total. The average Bonchev–Trinajstić information content (AvgIpc) is 3.90. The summed E-state index contributed by atoms with van der Waals surface area (Å²) in [5, 5.41) is 8.67. The Morgan fingerprint density at radius 2 is 0.910 bits per heavy atom. The molecule has 12 aromatic rings. The number of benzene rings is 11. The quantitative estimate of drug-likeness (QED) is 0.161. The second-order valence-corrected chi connectivity index (χ2v) is 17.7. The van der Waals surface area contributed by atoms with Gasteiger partial charge in [0.15, 0.2) is 0 Å². The topological polar surface area (TPSA) is 17.0 Å². The molecule has 1 aliphatic rings. The average molecular weight is 853 g/mol. The third kappa shape index (κ3) is 6.18. The molecule has 13 rings (SSSR count). The Hall–Kier alpha value is -8.72. The van der Waals surface area contributed by atoms with Crippen molar-refractivity contribution >= 4 is 44.0 Å². The Morgan fingerprint density at radius 1 is 0.328 bits per heavy atom. The molecule has 0 saturated heterocycles. The van der Waals surface area contributed by atoms with Gasteiger partial charge in [-0.2, -0.15) is 0 Å². The van der Waals surface area contributed by atoms with Gasteiger partial charge in [0.05, 0.1) is 16.4 Å². The maximum absolute atomic E-state index is 3.80. The van der Waals surface area contributed by atoms with E-state index in [2.05, 4.69) is 271 Å². The molecule has 1 heterocycles. The van der Waals surface area contributed by atoms with Gasteiger partial charge in [-0.15, -0.1) is 0 Å². The van der Waals surface area contributed by atoms with Crippen molar-refractivity contribution < 1.29 is 0 Å². The monoisotopic (exact) mass is 852 g/mol. The molecule has 67 heavy (non-hydrogen) atoms. The zero-order valence-electron chi connectivity index (χ0n) is 36.8. The summed E-state index contributed by atoms with van der Waals surface area (Å²) in [5.74, 6) is 0. The number of fused-ring (bicyclic) bond motifs is 8. The molecule has 0 amide bonds. The Morgan fingerprint density at radius 3 is 1.72 bits per heavy atom. The lowest BCUT2D eigenvalue weighted by Crippen LogP contribution is -2.29. The van der Waals surface area contributed by atoms with E-state index in [-0.39, 0.29) is 0 Å². The fourth-order valence-corrected chi connectivity index (χ4v) is 11.1. The van der Waals surface area contributed by atoms with Gasteiger partial charge in [-0.1, -0.05) is 218 Å². The summed E-state index contributed by atoms with van der Waals surface area (Å²) in [6.45, 7) is 0. The minimum atomic E-state index is -0.582. The Balaban J connectivity index is 1.05. The van der Waals surface area contributed by atoms with Gasteiger partial charge >= 0.3 is 0 Å². The highest BCUT2D eigenvalue weighted by molar-refractivity contribution is 6.15. The molecule has 0 radical (unpaired) electrons. The van der Waals surface area contributed by atoms with E-state index in [1.54, 1.807) is 0 Å². The first kappa shape index (κ1) is 38.7. The largest absolute Gasteiger partial charge is 0.355 e. The molecule has 0 aliphatic heterocycles. The Labute approximate surface area is 390 Å². The fourth-order valence-electron chi connectivity index (χ4n) is 11.1. The van der Waals surface area contributed by atoms with Crippen LogP contribution in [-0.2, 0) is 5.41 Å². The second kappa shape index (κ2) is 15.8. The molecule has 0 spiro atoms. The number of anilines is 2. The lowest BCUT2D eigenvalue weighted by molar-refractivity contribution is 0.772. The maximum Gasteiger partial charge on any atom is 0.0734 e. The van der Waals surface area contributed by atoms with Crippen LogP contribution in [0.2, 0.25) is 0 Å².